The van der Waals surface area contributed by atoms with Gasteiger partial charge in [0.25, 0.3) is 0 Å². The van der Waals surface area contributed by atoms with Crippen molar-refractivity contribution in [1.82, 2.24) is 0 Å². The van der Waals surface area contributed by atoms with Crippen LogP contribution in [0.3, 0.4) is 0 Å². The van der Waals surface area contributed by atoms with Crippen molar-refractivity contribution in [2.45, 2.75) is 89.1 Å². The molecule has 8 unspecified atom stereocenters. The summed E-state index contributed by atoms with van der Waals surface area (Å²) < 4.78 is 63.0. The van der Waals surface area contributed by atoms with E-state index >= 15 is 0 Å². The van der Waals surface area contributed by atoms with Crippen molar-refractivity contribution in [3.63, 3.8) is 0 Å². The lowest BCUT2D eigenvalue weighted by Crippen LogP contribution is -2.50. The van der Waals surface area contributed by atoms with Crippen molar-refractivity contribution in [2.24, 2.45) is 17.8 Å². The molecule has 2 saturated carbocycles. The van der Waals surface area contributed by atoms with Gasteiger partial charge in [0.05, 0.1) is 6.10 Å². The predicted molar refractivity (Wildman–Crippen MR) is 89.5 cm³/mol. The minimum absolute atomic E-state index is 0.299. The Kier molecular flexibility index (Phi) is 8.46. The van der Waals surface area contributed by atoms with Crippen LogP contribution in [-0.2, 0) is 4.74 Å². The molecule has 2 aliphatic rings. The minimum Gasteiger partial charge on any atom is -0.396 e. The summed E-state index contributed by atoms with van der Waals surface area (Å²) in [6, 6.07) is 0. The van der Waals surface area contributed by atoms with Crippen LogP contribution >= 0.6 is 0 Å². The van der Waals surface area contributed by atoms with Crippen LogP contribution in [0.4, 0.5) is 17.6 Å². The summed E-state index contributed by atoms with van der Waals surface area (Å²) in [5, 5.41) is 9.08. The molecule has 0 aliphatic heterocycles. The van der Waals surface area contributed by atoms with E-state index in [1.807, 2.05) is 0 Å². The van der Waals surface area contributed by atoms with Gasteiger partial charge in [0.2, 0.25) is 0 Å². The maximum absolute atomic E-state index is 14.6. The van der Waals surface area contributed by atoms with Crippen LogP contribution in [0.15, 0.2) is 0 Å². The zero-order valence-electron chi connectivity index (χ0n) is 15.1. The van der Waals surface area contributed by atoms with Crippen LogP contribution in [0.2, 0.25) is 0 Å². The Balaban J connectivity index is 1.85. The van der Waals surface area contributed by atoms with Gasteiger partial charge in [-0.05, 0) is 43.9 Å². The van der Waals surface area contributed by atoms with E-state index in [4.69, 9.17) is 9.84 Å². The van der Waals surface area contributed by atoms with E-state index in [1.54, 1.807) is 0 Å². The fourth-order valence-electron chi connectivity index (χ4n) is 4.37. The predicted octanol–water partition coefficient (Wildman–Crippen LogP) is 4.73. The first-order valence-corrected chi connectivity index (χ1v) is 9.80. The molecule has 6 heteroatoms. The molecule has 1 N–H and O–H groups in total. The topological polar surface area (TPSA) is 29.5 Å². The number of ether oxygens (including phenoxy) is 1. The lowest BCUT2D eigenvalue weighted by atomic mass is 9.68. The van der Waals surface area contributed by atoms with Gasteiger partial charge in [0, 0.05) is 19.1 Å². The van der Waals surface area contributed by atoms with Gasteiger partial charge in [0.1, 0.15) is 18.5 Å². The highest BCUT2D eigenvalue weighted by Gasteiger charge is 2.50. The largest absolute Gasteiger partial charge is 0.396 e. The van der Waals surface area contributed by atoms with Crippen LogP contribution in [0.5, 0.6) is 0 Å². The fraction of sp³-hybridized carbons (Fsp3) is 1.00. The number of hydrogen-bond acceptors (Lipinski definition) is 2. The minimum atomic E-state index is -1.83. The van der Waals surface area contributed by atoms with Gasteiger partial charge in [-0.25, -0.2) is 17.6 Å². The molecule has 0 aromatic rings. The second kappa shape index (κ2) is 10.1. The summed E-state index contributed by atoms with van der Waals surface area (Å²) in [7, 11) is 0. The number of hydrogen-bond donors (Lipinski definition) is 1. The Morgan fingerprint density at radius 2 is 1.44 bits per heavy atom. The Bertz CT molecular complexity index is 384. The molecule has 148 valence electrons. The molecular weight excluding hydrogens is 336 g/mol. The van der Waals surface area contributed by atoms with Crippen molar-refractivity contribution in [3.05, 3.63) is 0 Å². The van der Waals surface area contributed by atoms with Crippen LogP contribution in [0.1, 0.15) is 58.3 Å². The molecule has 2 aliphatic carbocycles. The molecule has 8 atom stereocenters. The van der Waals surface area contributed by atoms with Gasteiger partial charge in [-0.15, -0.1) is 0 Å². The van der Waals surface area contributed by atoms with Crippen LogP contribution in [0, 0.1) is 17.8 Å². The van der Waals surface area contributed by atoms with E-state index < -0.39 is 55.2 Å². The smallest absolute Gasteiger partial charge is 0.157 e. The second-order valence-electron chi connectivity index (χ2n) is 7.67. The molecule has 2 nitrogen and oxygen atoms in total. The second-order valence-corrected chi connectivity index (χ2v) is 7.67. The van der Waals surface area contributed by atoms with Crippen LogP contribution < -0.4 is 0 Å². The zero-order valence-corrected chi connectivity index (χ0v) is 15.1. The fourth-order valence-corrected chi connectivity index (χ4v) is 4.37. The zero-order chi connectivity index (χ0) is 18.4. The molecule has 2 fully saturated rings. The Hall–Kier alpha value is -0.360. The molecule has 0 bridgehead atoms. The SMILES string of the molecule is CCCCCCOC1CCC(C2CCC(CO)C(F)C2F)C(F)C1F. The highest BCUT2D eigenvalue weighted by atomic mass is 19.2. The number of aliphatic hydroxyl groups excluding tert-OH is 1. The van der Waals surface area contributed by atoms with Crippen LogP contribution in [0.25, 0.3) is 0 Å². The van der Waals surface area contributed by atoms with Crippen LogP contribution in [-0.4, -0.2) is 49.1 Å². The first-order chi connectivity index (χ1) is 12.0. The van der Waals surface area contributed by atoms with Crippen molar-refractivity contribution in [1.29, 1.82) is 0 Å². The number of rotatable bonds is 8. The average Bonchev–Trinajstić information content (AvgIpc) is 2.61. The molecular formula is C19H32F4O2. The third kappa shape index (κ3) is 5.09. The van der Waals surface area contributed by atoms with Crippen molar-refractivity contribution in [3.8, 4) is 0 Å². The molecule has 0 aromatic heterocycles. The summed E-state index contributed by atoms with van der Waals surface area (Å²) in [5.74, 6) is -2.34. The van der Waals surface area contributed by atoms with E-state index in [0.29, 0.717) is 32.3 Å². The highest BCUT2D eigenvalue weighted by molar-refractivity contribution is 4.98. The van der Waals surface area contributed by atoms with Gasteiger partial charge in [-0.2, -0.15) is 0 Å². The van der Waals surface area contributed by atoms with Crippen molar-refractivity contribution >= 4 is 0 Å². The van der Waals surface area contributed by atoms with Gasteiger partial charge < -0.3 is 9.84 Å². The molecule has 2 rings (SSSR count). The molecule has 25 heavy (non-hydrogen) atoms. The van der Waals surface area contributed by atoms with Crippen molar-refractivity contribution in [2.75, 3.05) is 13.2 Å². The third-order valence-corrected chi connectivity index (χ3v) is 6.00. The lowest BCUT2D eigenvalue weighted by molar-refractivity contribution is -0.106. The number of alkyl halides is 4. The van der Waals surface area contributed by atoms with E-state index in [-0.39, 0.29) is 0 Å². The van der Waals surface area contributed by atoms with Gasteiger partial charge in [-0.1, -0.05) is 26.2 Å². The highest BCUT2D eigenvalue weighted by Crippen LogP contribution is 2.44. The normalized spacial score (nSPS) is 42.5. The molecule has 0 spiro atoms. The molecule has 0 aromatic carbocycles. The monoisotopic (exact) mass is 368 g/mol. The van der Waals surface area contributed by atoms with Gasteiger partial charge >= 0.3 is 0 Å². The Labute approximate surface area is 148 Å². The third-order valence-electron chi connectivity index (χ3n) is 6.00. The van der Waals surface area contributed by atoms with Gasteiger partial charge in [0.15, 0.2) is 6.17 Å². The number of halogens is 4. The first-order valence-electron chi connectivity index (χ1n) is 9.80. The number of unbranched alkanes of at least 4 members (excludes halogenated alkanes) is 3. The summed E-state index contributed by atoms with van der Waals surface area (Å²) in [6.45, 7) is 2.11. The summed E-state index contributed by atoms with van der Waals surface area (Å²) in [5.41, 5.74) is 0. The molecule has 0 saturated heterocycles. The summed E-state index contributed by atoms with van der Waals surface area (Å²) in [4.78, 5) is 0. The Morgan fingerprint density at radius 3 is 2.08 bits per heavy atom. The Morgan fingerprint density at radius 1 is 0.800 bits per heavy atom. The quantitative estimate of drug-likeness (QED) is 0.496. The molecule has 0 radical (unpaired) electrons. The standard InChI is InChI=1S/C19H32F4O2/c1-2-3-4-5-10-25-15-9-8-14(18(22)19(15)23)13-7-6-12(11-24)16(20)17(13)21/h12-19,24H,2-11H2,1H3. The first kappa shape index (κ1) is 20.9. The van der Waals surface area contributed by atoms with E-state index in [1.165, 1.54) is 0 Å². The molecule has 0 heterocycles. The van der Waals surface area contributed by atoms with E-state index in [0.717, 1.165) is 25.7 Å². The summed E-state index contributed by atoms with van der Waals surface area (Å²) in [6.07, 6.45) is -2.64. The van der Waals surface area contributed by atoms with E-state index in [9.17, 15) is 17.6 Å². The van der Waals surface area contributed by atoms with Gasteiger partial charge in [-0.3, -0.25) is 0 Å². The number of aliphatic hydroxyl groups is 1. The summed E-state index contributed by atoms with van der Waals surface area (Å²) >= 11 is 0. The average molecular weight is 368 g/mol. The molecule has 0 amide bonds. The maximum Gasteiger partial charge on any atom is 0.157 e. The van der Waals surface area contributed by atoms with Crippen molar-refractivity contribution < 1.29 is 27.4 Å². The maximum atomic E-state index is 14.6. The lowest BCUT2D eigenvalue weighted by Gasteiger charge is -2.43. The van der Waals surface area contributed by atoms with E-state index in [2.05, 4.69) is 6.92 Å².